The summed E-state index contributed by atoms with van der Waals surface area (Å²) in [5, 5.41) is 3.16. The van der Waals surface area contributed by atoms with Gasteiger partial charge in [-0.05, 0) is 24.6 Å². The summed E-state index contributed by atoms with van der Waals surface area (Å²) < 4.78 is 0. The molecular formula is C11H17N3O. The number of carbonyl (C=O) groups is 1. The molecular weight excluding hydrogens is 190 g/mol. The van der Waals surface area contributed by atoms with E-state index in [2.05, 4.69) is 10.3 Å². The van der Waals surface area contributed by atoms with Crippen LogP contribution in [-0.4, -0.2) is 35.9 Å². The molecule has 1 atom stereocenters. The van der Waals surface area contributed by atoms with Gasteiger partial charge in [0.05, 0.1) is 6.04 Å². The Morgan fingerprint density at radius 2 is 2.07 bits per heavy atom. The Hall–Kier alpha value is -1.42. The first-order valence-electron chi connectivity index (χ1n) is 4.94. The first kappa shape index (κ1) is 11.7. The van der Waals surface area contributed by atoms with E-state index in [0.717, 1.165) is 5.56 Å². The SMILES string of the molecule is CC(NCc1ccncc1)C(=O)N(C)C. The third-order valence-corrected chi connectivity index (χ3v) is 2.17. The van der Waals surface area contributed by atoms with Crippen molar-refractivity contribution in [3.63, 3.8) is 0 Å². The van der Waals surface area contributed by atoms with Gasteiger partial charge in [-0.3, -0.25) is 9.78 Å². The summed E-state index contributed by atoms with van der Waals surface area (Å²) in [6.07, 6.45) is 3.49. The van der Waals surface area contributed by atoms with Gasteiger partial charge in [-0.2, -0.15) is 0 Å². The van der Waals surface area contributed by atoms with E-state index in [0.29, 0.717) is 6.54 Å². The molecule has 0 spiro atoms. The fourth-order valence-corrected chi connectivity index (χ4v) is 1.25. The van der Waals surface area contributed by atoms with Crippen molar-refractivity contribution in [3.8, 4) is 0 Å². The lowest BCUT2D eigenvalue weighted by molar-refractivity contribution is -0.130. The zero-order chi connectivity index (χ0) is 11.3. The van der Waals surface area contributed by atoms with Gasteiger partial charge in [0.2, 0.25) is 5.91 Å². The Morgan fingerprint density at radius 3 is 2.60 bits per heavy atom. The molecule has 0 radical (unpaired) electrons. The molecule has 0 fully saturated rings. The predicted octanol–water partition coefficient (Wildman–Crippen LogP) is 0.648. The van der Waals surface area contributed by atoms with Crippen LogP contribution in [0.3, 0.4) is 0 Å². The van der Waals surface area contributed by atoms with Gasteiger partial charge in [-0.1, -0.05) is 0 Å². The minimum absolute atomic E-state index is 0.0871. The Balaban J connectivity index is 2.41. The summed E-state index contributed by atoms with van der Waals surface area (Å²) in [4.78, 5) is 17.0. The van der Waals surface area contributed by atoms with Crippen molar-refractivity contribution in [3.05, 3.63) is 30.1 Å². The number of hydrogen-bond acceptors (Lipinski definition) is 3. The van der Waals surface area contributed by atoms with Crippen molar-refractivity contribution in [2.75, 3.05) is 14.1 Å². The zero-order valence-corrected chi connectivity index (χ0v) is 9.40. The number of likely N-dealkylation sites (N-methyl/N-ethyl adjacent to an activating group) is 1. The van der Waals surface area contributed by atoms with Crippen molar-refractivity contribution in [1.29, 1.82) is 0 Å². The van der Waals surface area contributed by atoms with Gasteiger partial charge in [0.1, 0.15) is 0 Å². The maximum absolute atomic E-state index is 11.5. The van der Waals surface area contributed by atoms with E-state index in [-0.39, 0.29) is 11.9 Å². The molecule has 1 unspecified atom stereocenters. The highest BCUT2D eigenvalue weighted by atomic mass is 16.2. The van der Waals surface area contributed by atoms with E-state index in [9.17, 15) is 4.79 Å². The first-order chi connectivity index (χ1) is 7.11. The van der Waals surface area contributed by atoms with Gasteiger partial charge < -0.3 is 10.2 Å². The van der Waals surface area contributed by atoms with Crippen molar-refractivity contribution in [2.24, 2.45) is 0 Å². The molecule has 0 aliphatic carbocycles. The van der Waals surface area contributed by atoms with Gasteiger partial charge in [0, 0.05) is 33.0 Å². The molecule has 15 heavy (non-hydrogen) atoms. The fourth-order valence-electron chi connectivity index (χ4n) is 1.25. The molecule has 0 saturated heterocycles. The van der Waals surface area contributed by atoms with Crippen LogP contribution in [0.1, 0.15) is 12.5 Å². The van der Waals surface area contributed by atoms with Gasteiger partial charge in [0.25, 0.3) is 0 Å². The quantitative estimate of drug-likeness (QED) is 0.788. The summed E-state index contributed by atoms with van der Waals surface area (Å²) >= 11 is 0. The van der Waals surface area contributed by atoms with Crippen LogP contribution in [0.2, 0.25) is 0 Å². The number of carbonyl (C=O) groups excluding carboxylic acids is 1. The van der Waals surface area contributed by atoms with Crippen LogP contribution in [0.15, 0.2) is 24.5 Å². The van der Waals surface area contributed by atoms with E-state index in [1.54, 1.807) is 31.4 Å². The second-order valence-electron chi connectivity index (χ2n) is 3.69. The van der Waals surface area contributed by atoms with Gasteiger partial charge in [0.15, 0.2) is 0 Å². The Kier molecular flexibility index (Phi) is 4.24. The van der Waals surface area contributed by atoms with E-state index in [1.165, 1.54) is 0 Å². The number of rotatable bonds is 4. The molecule has 1 N–H and O–H groups in total. The molecule has 0 bridgehead atoms. The van der Waals surface area contributed by atoms with Crippen LogP contribution in [0.25, 0.3) is 0 Å². The molecule has 0 aliphatic heterocycles. The van der Waals surface area contributed by atoms with E-state index in [1.807, 2.05) is 19.1 Å². The van der Waals surface area contributed by atoms with Crippen LogP contribution in [-0.2, 0) is 11.3 Å². The van der Waals surface area contributed by atoms with E-state index < -0.39 is 0 Å². The minimum atomic E-state index is -0.159. The van der Waals surface area contributed by atoms with Crippen LogP contribution in [0.5, 0.6) is 0 Å². The third-order valence-electron chi connectivity index (χ3n) is 2.17. The molecule has 4 nitrogen and oxygen atoms in total. The first-order valence-corrected chi connectivity index (χ1v) is 4.94. The Labute approximate surface area is 90.3 Å². The summed E-state index contributed by atoms with van der Waals surface area (Å²) in [7, 11) is 3.51. The van der Waals surface area contributed by atoms with Gasteiger partial charge >= 0.3 is 0 Å². The molecule has 1 aromatic rings. The van der Waals surface area contributed by atoms with Crippen LogP contribution < -0.4 is 5.32 Å². The predicted molar refractivity (Wildman–Crippen MR) is 59.2 cm³/mol. The maximum Gasteiger partial charge on any atom is 0.238 e. The van der Waals surface area contributed by atoms with E-state index in [4.69, 9.17) is 0 Å². The van der Waals surface area contributed by atoms with Crippen LogP contribution >= 0.6 is 0 Å². The average molecular weight is 207 g/mol. The van der Waals surface area contributed by atoms with Crippen molar-refractivity contribution >= 4 is 5.91 Å². The van der Waals surface area contributed by atoms with Crippen molar-refractivity contribution in [2.45, 2.75) is 19.5 Å². The number of pyridine rings is 1. The molecule has 0 saturated carbocycles. The van der Waals surface area contributed by atoms with Gasteiger partial charge in [-0.15, -0.1) is 0 Å². The summed E-state index contributed by atoms with van der Waals surface area (Å²) in [5.41, 5.74) is 1.13. The number of nitrogens with one attached hydrogen (secondary N) is 1. The maximum atomic E-state index is 11.5. The summed E-state index contributed by atoms with van der Waals surface area (Å²) in [5.74, 6) is 0.0871. The molecule has 1 aromatic heterocycles. The number of hydrogen-bond donors (Lipinski definition) is 1. The topological polar surface area (TPSA) is 45.2 Å². The molecule has 4 heteroatoms. The second kappa shape index (κ2) is 5.46. The smallest absolute Gasteiger partial charge is 0.238 e. The highest BCUT2D eigenvalue weighted by Gasteiger charge is 2.13. The molecule has 1 heterocycles. The van der Waals surface area contributed by atoms with Crippen molar-refractivity contribution in [1.82, 2.24) is 15.2 Å². The Bertz CT molecular complexity index is 311. The molecule has 1 rings (SSSR count). The number of amides is 1. The number of nitrogens with zero attached hydrogens (tertiary/aromatic N) is 2. The fraction of sp³-hybridized carbons (Fsp3) is 0.455. The summed E-state index contributed by atoms with van der Waals surface area (Å²) in [6.45, 7) is 2.55. The average Bonchev–Trinajstić information content (AvgIpc) is 2.26. The van der Waals surface area contributed by atoms with E-state index >= 15 is 0 Å². The lowest BCUT2D eigenvalue weighted by Gasteiger charge is -2.17. The summed E-state index contributed by atoms with van der Waals surface area (Å²) in [6, 6.07) is 3.70. The lowest BCUT2D eigenvalue weighted by Crippen LogP contribution is -2.41. The minimum Gasteiger partial charge on any atom is -0.347 e. The van der Waals surface area contributed by atoms with Gasteiger partial charge in [-0.25, -0.2) is 0 Å². The lowest BCUT2D eigenvalue weighted by atomic mass is 10.2. The highest BCUT2D eigenvalue weighted by Crippen LogP contribution is 1.97. The third kappa shape index (κ3) is 3.67. The monoisotopic (exact) mass is 207 g/mol. The molecule has 1 amide bonds. The normalized spacial score (nSPS) is 12.2. The molecule has 0 aliphatic rings. The number of aromatic nitrogens is 1. The zero-order valence-electron chi connectivity index (χ0n) is 9.40. The van der Waals surface area contributed by atoms with Crippen LogP contribution in [0, 0.1) is 0 Å². The van der Waals surface area contributed by atoms with Crippen LogP contribution in [0.4, 0.5) is 0 Å². The standard InChI is InChI=1S/C11H17N3O/c1-9(11(15)14(2)3)13-8-10-4-6-12-7-5-10/h4-7,9,13H,8H2,1-3H3. The Morgan fingerprint density at radius 1 is 1.47 bits per heavy atom. The van der Waals surface area contributed by atoms with Crippen molar-refractivity contribution < 1.29 is 4.79 Å². The molecule has 0 aromatic carbocycles. The second-order valence-corrected chi connectivity index (χ2v) is 3.69. The highest BCUT2D eigenvalue weighted by molar-refractivity contribution is 5.80. The largest absolute Gasteiger partial charge is 0.347 e. The molecule has 82 valence electrons.